The van der Waals surface area contributed by atoms with E-state index in [0.717, 1.165) is 23.4 Å². The van der Waals surface area contributed by atoms with E-state index in [1.54, 1.807) is 22.0 Å². The number of benzene rings is 2. The van der Waals surface area contributed by atoms with Crippen LogP contribution in [0.15, 0.2) is 60.9 Å². The molecule has 7 heteroatoms. The summed E-state index contributed by atoms with van der Waals surface area (Å²) in [6, 6.07) is 13.1. The molecule has 0 saturated carbocycles. The Labute approximate surface area is 160 Å². The van der Waals surface area contributed by atoms with Gasteiger partial charge in [-0.15, -0.1) is 0 Å². The average Bonchev–Trinajstić information content (AvgIpc) is 3.15. The van der Waals surface area contributed by atoms with Crippen molar-refractivity contribution in [2.45, 2.75) is 25.4 Å². The maximum absolute atomic E-state index is 13.0. The number of hydrogen-bond acceptors (Lipinski definition) is 2. The molecular formula is C21H18F3N3O. The monoisotopic (exact) mass is 385 g/mol. The third kappa shape index (κ3) is 3.65. The third-order valence-corrected chi connectivity index (χ3v) is 4.84. The number of fused-ring (bicyclic) bond motifs is 1. The molecule has 4 rings (SSSR count). The number of alkyl halides is 3. The first-order valence-corrected chi connectivity index (χ1v) is 9.01. The van der Waals surface area contributed by atoms with Crippen LogP contribution in [0.25, 0.3) is 5.69 Å². The van der Waals surface area contributed by atoms with Crippen molar-refractivity contribution in [3.8, 4) is 5.69 Å². The van der Waals surface area contributed by atoms with Crippen molar-refractivity contribution >= 4 is 11.6 Å². The molecule has 2 heterocycles. The number of para-hydroxylation sites is 1. The second-order valence-corrected chi connectivity index (χ2v) is 6.80. The molecule has 1 aliphatic heterocycles. The van der Waals surface area contributed by atoms with E-state index in [0.29, 0.717) is 30.6 Å². The van der Waals surface area contributed by atoms with Gasteiger partial charge >= 0.3 is 6.18 Å². The summed E-state index contributed by atoms with van der Waals surface area (Å²) in [5.74, 6) is -0.145. The first-order chi connectivity index (χ1) is 13.4. The number of carbonyl (C=O) groups excluding carboxylic acids is 1. The highest BCUT2D eigenvalue weighted by atomic mass is 19.4. The van der Waals surface area contributed by atoms with Crippen molar-refractivity contribution in [3.63, 3.8) is 0 Å². The summed E-state index contributed by atoms with van der Waals surface area (Å²) >= 11 is 0. The topological polar surface area (TPSA) is 38.1 Å². The van der Waals surface area contributed by atoms with Crippen molar-refractivity contribution in [3.05, 3.63) is 77.6 Å². The summed E-state index contributed by atoms with van der Waals surface area (Å²) in [6.07, 6.45) is 0.381. The van der Waals surface area contributed by atoms with E-state index in [2.05, 4.69) is 5.10 Å². The van der Waals surface area contributed by atoms with Crippen molar-refractivity contribution < 1.29 is 18.0 Å². The summed E-state index contributed by atoms with van der Waals surface area (Å²) in [6.45, 7) is 0.504. The first kappa shape index (κ1) is 18.3. The predicted molar refractivity (Wildman–Crippen MR) is 99.4 cm³/mol. The fourth-order valence-corrected chi connectivity index (χ4v) is 3.48. The zero-order valence-corrected chi connectivity index (χ0v) is 15.0. The fourth-order valence-electron chi connectivity index (χ4n) is 3.48. The van der Waals surface area contributed by atoms with Crippen LogP contribution in [-0.4, -0.2) is 22.2 Å². The van der Waals surface area contributed by atoms with Crippen LogP contribution in [-0.2, 0) is 23.8 Å². The zero-order valence-electron chi connectivity index (χ0n) is 15.0. The SMILES string of the molecule is O=C(Cc1cnn(-c2ccccc2)c1)N1CCCc2cc(C(F)(F)F)ccc21. The van der Waals surface area contributed by atoms with Gasteiger partial charge in [-0.3, -0.25) is 4.79 Å². The third-order valence-electron chi connectivity index (χ3n) is 4.84. The molecule has 28 heavy (non-hydrogen) atoms. The number of amides is 1. The molecule has 0 N–H and O–H groups in total. The second kappa shape index (κ2) is 7.14. The van der Waals surface area contributed by atoms with Gasteiger partial charge in [0.25, 0.3) is 0 Å². The van der Waals surface area contributed by atoms with Crippen molar-refractivity contribution in [1.29, 1.82) is 0 Å². The summed E-state index contributed by atoms with van der Waals surface area (Å²) in [4.78, 5) is 14.4. The van der Waals surface area contributed by atoms with E-state index in [4.69, 9.17) is 0 Å². The molecule has 0 spiro atoms. The number of anilines is 1. The normalized spacial score (nSPS) is 14.0. The van der Waals surface area contributed by atoms with Gasteiger partial charge in [-0.2, -0.15) is 18.3 Å². The molecule has 4 nitrogen and oxygen atoms in total. The van der Waals surface area contributed by atoms with Crippen LogP contribution in [0.5, 0.6) is 0 Å². The summed E-state index contributed by atoms with van der Waals surface area (Å²) in [5, 5.41) is 4.29. The van der Waals surface area contributed by atoms with Crippen LogP contribution in [0.4, 0.5) is 18.9 Å². The minimum Gasteiger partial charge on any atom is -0.312 e. The number of hydrogen-bond donors (Lipinski definition) is 0. The van der Waals surface area contributed by atoms with E-state index < -0.39 is 11.7 Å². The predicted octanol–water partition coefficient (Wildman–Crippen LogP) is 4.41. The van der Waals surface area contributed by atoms with E-state index in [-0.39, 0.29) is 12.3 Å². The number of carbonyl (C=O) groups is 1. The lowest BCUT2D eigenvalue weighted by molar-refractivity contribution is -0.137. The minimum atomic E-state index is -4.38. The Bertz CT molecular complexity index is 996. The molecule has 1 aliphatic rings. The van der Waals surface area contributed by atoms with Crippen LogP contribution >= 0.6 is 0 Å². The van der Waals surface area contributed by atoms with Crippen LogP contribution in [0.3, 0.4) is 0 Å². The summed E-state index contributed by atoms with van der Waals surface area (Å²) in [7, 11) is 0. The van der Waals surface area contributed by atoms with Crippen molar-refractivity contribution in [1.82, 2.24) is 9.78 Å². The maximum Gasteiger partial charge on any atom is 0.416 e. The highest BCUT2D eigenvalue weighted by Crippen LogP contribution is 2.35. The van der Waals surface area contributed by atoms with Crippen LogP contribution < -0.4 is 4.90 Å². The van der Waals surface area contributed by atoms with Gasteiger partial charge in [0.15, 0.2) is 0 Å². The molecule has 0 radical (unpaired) electrons. The fraction of sp³-hybridized carbons (Fsp3) is 0.238. The quantitative estimate of drug-likeness (QED) is 0.670. The number of aromatic nitrogens is 2. The van der Waals surface area contributed by atoms with Gasteiger partial charge in [0.05, 0.1) is 23.9 Å². The molecule has 1 amide bonds. The molecule has 0 atom stereocenters. The van der Waals surface area contributed by atoms with E-state index in [1.807, 2.05) is 30.3 Å². The molecule has 0 bridgehead atoms. The Kier molecular flexibility index (Phi) is 4.66. The average molecular weight is 385 g/mol. The zero-order chi connectivity index (χ0) is 19.7. The van der Waals surface area contributed by atoms with E-state index >= 15 is 0 Å². The highest BCUT2D eigenvalue weighted by molar-refractivity contribution is 5.95. The van der Waals surface area contributed by atoms with Gasteiger partial charge in [-0.05, 0) is 54.3 Å². The smallest absolute Gasteiger partial charge is 0.312 e. The molecule has 1 aromatic heterocycles. The molecule has 144 valence electrons. The molecule has 0 fully saturated rings. The Morgan fingerprint density at radius 3 is 2.64 bits per heavy atom. The van der Waals surface area contributed by atoms with E-state index in [1.165, 1.54) is 6.07 Å². The van der Waals surface area contributed by atoms with Gasteiger partial charge in [0.1, 0.15) is 0 Å². The Hall–Kier alpha value is -3.09. The Morgan fingerprint density at radius 2 is 1.89 bits per heavy atom. The molecular weight excluding hydrogens is 367 g/mol. The van der Waals surface area contributed by atoms with Gasteiger partial charge < -0.3 is 4.90 Å². The van der Waals surface area contributed by atoms with Crippen molar-refractivity contribution in [2.75, 3.05) is 11.4 Å². The second-order valence-electron chi connectivity index (χ2n) is 6.80. The van der Waals surface area contributed by atoms with Gasteiger partial charge in [-0.1, -0.05) is 18.2 Å². The van der Waals surface area contributed by atoms with Crippen LogP contribution in [0, 0.1) is 0 Å². The molecule has 2 aromatic carbocycles. The van der Waals surface area contributed by atoms with Crippen molar-refractivity contribution in [2.24, 2.45) is 0 Å². The van der Waals surface area contributed by atoms with E-state index in [9.17, 15) is 18.0 Å². The standard InChI is InChI=1S/C21H18F3N3O/c22-21(23,24)17-8-9-19-16(12-17)5-4-10-26(19)20(28)11-15-13-25-27(14-15)18-6-2-1-3-7-18/h1-3,6-9,12-14H,4-5,10-11H2. The Balaban J connectivity index is 1.53. The lowest BCUT2D eigenvalue weighted by atomic mass is 9.98. The summed E-state index contributed by atoms with van der Waals surface area (Å²) in [5.41, 5.74) is 2.11. The highest BCUT2D eigenvalue weighted by Gasteiger charge is 2.32. The number of aryl methyl sites for hydroxylation is 1. The largest absolute Gasteiger partial charge is 0.416 e. The Morgan fingerprint density at radius 1 is 1.11 bits per heavy atom. The van der Waals surface area contributed by atoms with Crippen LogP contribution in [0.2, 0.25) is 0 Å². The van der Waals surface area contributed by atoms with Gasteiger partial charge in [0, 0.05) is 18.4 Å². The summed E-state index contributed by atoms with van der Waals surface area (Å²) < 4.78 is 40.6. The molecule has 0 unspecified atom stereocenters. The number of nitrogens with zero attached hydrogens (tertiary/aromatic N) is 3. The molecule has 3 aromatic rings. The lowest BCUT2D eigenvalue weighted by Crippen LogP contribution is -2.36. The van der Waals surface area contributed by atoms with Gasteiger partial charge in [0.2, 0.25) is 5.91 Å². The number of halogens is 3. The molecule has 0 aliphatic carbocycles. The lowest BCUT2D eigenvalue weighted by Gasteiger charge is -2.30. The minimum absolute atomic E-state index is 0.145. The van der Waals surface area contributed by atoms with Gasteiger partial charge in [-0.25, -0.2) is 4.68 Å². The number of rotatable bonds is 3. The maximum atomic E-state index is 13.0. The molecule has 0 saturated heterocycles. The van der Waals surface area contributed by atoms with Crippen LogP contribution in [0.1, 0.15) is 23.1 Å². The first-order valence-electron chi connectivity index (χ1n) is 9.01.